The van der Waals surface area contributed by atoms with Crippen LogP contribution in [0.15, 0.2) is 53.7 Å². The van der Waals surface area contributed by atoms with Gasteiger partial charge in [-0.3, -0.25) is 0 Å². The smallest absolute Gasteiger partial charge is 0.213 e. The minimum Gasteiger partial charge on any atom is -0.477 e. The average molecular weight is 352 g/mol. The summed E-state index contributed by atoms with van der Waals surface area (Å²) in [5.41, 5.74) is 2.42. The van der Waals surface area contributed by atoms with E-state index in [4.69, 9.17) is 4.74 Å². The van der Waals surface area contributed by atoms with E-state index in [0.29, 0.717) is 12.4 Å². The molecule has 0 spiro atoms. The molecule has 5 nitrogen and oxygen atoms in total. The first-order valence-corrected chi connectivity index (χ1v) is 9.47. The van der Waals surface area contributed by atoms with E-state index in [0.717, 1.165) is 43.6 Å². The highest BCUT2D eigenvalue weighted by Gasteiger charge is 2.22. The number of benzene rings is 1. The van der Waals surface area contributed by atoms with E-state index in [2.05, 4.69) is 51.8 Å². The van der Waals surface area contributed by atoms with Gasteiger partial charge >= 0.3 is 0 Å². The van der Waals surface area contributed by atoms with Crippen molar-refractivity contribution in [3.63, 3.8) is 0 Å². The fourth-order valence-electron chi connectivity index (χ4n) is 2.60. The van der Waals surface area contributed by atoms with Gasteiger partial charge in [0.2, 0.25) is 5.88 Å². The highest BCUT2D eigenvalue weighted by molar-refractivity contribution is 5.79. The number of hydrogen-bond acceptors (Lipinski definition) is 3. The van der Waals surface area contributed by atoms with Crippen LogP contribution in [0.25, 0.3) is 0 Å². The predicted octanol–water partition coefficient (Wildman–Crippen LogP) is 3.17. The molecule has 1 aromatic carbocycles. The molecule has 3 rings (SSSR count). The van der Waals surface area contributed by atoms with Crippen LogP contribution in [0.4, 0.5) is 0 Å². The van der Waals surface area contributed by atoms with Crippen molar-refractivity contribution in [2.75, 3.05) is 19.7 Å². The Hall–Kier alpha value is -2.56. The van der Waals surface area contributed by atoms with Crippen molar-refractivity contribution >= 4 is 5.96 Å². The van der Waals surface area contributed by atoms with Crippen LogP contribution in [0.2, 0.25) is 0 Å². The number of nitrogens with zero attached hydrogens (tertiary/aromatic N) is 2. The van der Waals surface area contributed by atoms with E-state index >= 15 is 0 Å². The molecule has 0 atom stereocenters. The number of nitrogens with one attached hydrogen (secondary N) is 2. The van der Waals surface area contributed by atoms with E-state index < -0.39 is 0 Å². The summed E-state index contributed by atoms with van der Waals surface area (Å²) >= 11 is 0. The van der Waals surface area contributed by atoms with Crippen molar-refractivity contribution in [2.45, 2.75) is 32.7 Å². The zero-order valence-electron chi connectivity index (χ0n) is 15.4. The lowest BCUT2D eigenvalue weighted by Crippen LogP contribution is -2.38. The lowest BCUT2D eigenvalue weighted by molar-refractivity contribution is 0.288. The summed E-state index contributed by atoms with van der Waals surface area (Å²) in [5.74, 6) is 2.26. The molecular weight excluding hydrogens is 324 g/mol. The molecule has 0 saturated heterocycles. The number of hydrogen-bond donors (Lipinski definition) is 2. The van der Waals surface area contributed by atoms with Crippen LogP contribution in [0.1, 0.15) is 30.9 Å². The molecule has 2 N–H and O–H groups in total. The van der Waals surface area contributed by atoms with Crippen LogP contribution >= 0.6 is 0 Å². The molecule has 1 aliphatic rings. The number of guanidine groups is 1. The normalized spacial score (nSPS) is 14.1. The lowest BCUT2D eigenvalue weighted by Gasteiger charge is -2.11. The van der Waals surface area contributed by atoms with Gasteiger partial charge in [-0.25, -0.2) is 9.98 Å². The third kappa shape index (κ3) is 6.39. The Labute approximate surface area is 155 Å². The Morgan fingerprint density at radius 2 is 2.00 bits per heavy atom. The van der Waals surface area contributed by atoms with Crippen LogP contribution in [0, 0.1) is 5.92 Å². The predicted molar refractivity (Wildman–Crippen MR) is 105 cm³/mol. The summed E-state index contributed by atoms with van der Waals surface area (Å²) in [6.07, 6.45) is 5.33. The molecule has 0 unspecified atom stereocenters. The molecule has 2 aromatic rings. The van der Waals surface area contributed by atoms with Crippen LogP contribution in [0.3, 0.4) is 0 Å². The number of aliphatic imine (C=N–C) groups is 1. The van der Waals surface area contributed by atoms with Gasteiger partial charge in [-0.15, -0.1) is 0 Å². The maximum atomic E-state index is 5.75. The second kappa shape index (κ2) is 9.80. The van der Waals surface area contributed by atoms with Crippen molar-refractivity contribution in [1.29, 1.82) is 0 Å². The molecule has 1 fully saturated rings. The summed E-state index contributed by atoms with van der Waals surface area (Å²) in [6.45, 7) is 5.14. The molecule has 1 heterocycles. The molecule has 0 aliphatic heterocycles. The quantitative estimate of drug-likeness (QED) is 0.538. The summed E-state index contributed by atoms with van der Waals surface area (Å²) in [5, 5.41) is 6.69. The van der Waals surface area contributed by atoms with Crippen LogP contribution in [0.5, 0.6) is 5.88 Å². The SMILES string of the molecule is CCNC(=NCc1ccnc(OCC2CC2)c1)NCCc1ccccc1. The largest absolute Gasteiger partial charge is 0.477 e. The van der Waals surface area contributed by atoms with Crippen LogP contribution < -0.4 is 15.4 Å². The lowest BCUT2D eigenvalue weighted by atomic mass is 10.1. The third-order valence-electron chi connectivity index (χ3n) is 4.28. The van der Waals surface area contributed by atoms with Crippen molar-refractivity contribution in [1.82, 2.24) is 15.6 Å². The molecule has 5 heteroatoms. The maximum absolute atomic E-state index is 5.75. The Morgan fingerprint density at radius 1 is 1.15 bits per heavy atom. The Kier molecular flexibility index (Phi) is 6.88. The van der Waals surface area contributed by atoms with Gasteiger partial charge in [0.15, 0.2) is 5.96 Å². The van der Waals surface area contributed by atoms with Crippen LogP contribution in [-0.2, 0) is 13.0 Å². The van der Waals surface area contributed by atoms with Crippen molar-refractivity contribution in [2.24, 2.45) is 10.9 Å². The Balaban J connectivity index is 1.50. The number of pyridine rings is 1. The standard InChI is InChI=1S/C21H28N4O/c1-2-22-21(24-13-10-17-6-4-3-5-7-17)25-15-19-11-12-23-20(14-19)26-16-18-8-9-18/h3-7,11-12,14,18H,2,8-10,13,15-16H2,1H3,(H2,22,24,25). The molecule has 26 heavy (non-hydrogen) atoms. The van der Waals surface area contributed by atoms with E-state index in [1.54, 1.807) is 6.20 Å². The summed E-state index contributed by atoms with van der Waals surface area (Å²) < 4.78 is 5.75. The first kappa shape index (κ1) is 18.2. The second-order valence-corrected chi connectivity index (χ2v) is 6.61. The van der Waals surface area contributed by atoms with Gasteiger partial charge in [-0.05, 0) is 49.3 Å². The van der Waals surface area contributed by atoms with E-state index in [9.17, 15) is 0 Å². The summed E-state index contributed by atoms with van der Waals surface area (Å²) in [7, 11) is 0. The first-order chi connectivity index (χ1) is 12.8. The molecule has 0 radical (unpaired) electrons. The van der Waals surface area contributed by atoms with E-state index in [1.807, 2.05) is 18.2 Å². The van der Waals surface area contributed by atoms with Crippen LogP contribution in [-0.4, -0.2) is 30.6 Å². The molecule has 138 valence electrons. The Bertz CT molecular complexity index is 698. The Morgan fingerprint density at radius 3 is 2.77 bits per heavy atom. The molecule has 0 bridgehead atoms. The molecule has 1 saturated carbocycles. The van der Waals surface area contributed by atoms with Gasteiger partial charge in [0.1, 0.15) is 0 Å². The summed E-state index contributed by atoms with van der Waals surface area (Å²) in [4.78, 5) is 8.96. The van der Waals surface area contributed by atoms with E-state index in [1.165, 1.54) is 18.4 Å². The highest BCUT2D eigenvalue weighted by Crippen LogP contribution is 2.29. The third-order valence-corrected chi connectivity index (χ3v) is 4.28. The van der Waals surface area contributed by atoms with Gasteiger partial charge < -0.3 is 15.4 Å². The number of aromatic nitrogens is 1. The van der Waals surface area contributed by atoms with Crippen molar-refractivity contribution in [3.8, 4) is 5.88 Å². The van der Waals surface area contributed by atoms with Gasteiger partial charge in [-0.1, -0.05) is 30.3 Å². The zero-order valence-corrected chi connectivity index (χ0v) is 15.4. The fourth-order valence-corrected chi connectivity index (χ4v) is 2.60. The second-order valence-electron chi connectivity index (χ2n) is 6.61. The minimum atomic E-state index is 0.600. The molecular formula is C21H28N4O. The zero-order chi connectivity index (χ0) is 18.0. The molecule has 1 aliphatic carbocycles. The van der Waals surface area contributed by atoms with Crippen molar-refractivity contribution in [3.05, 3.63) is 59.8 Å². The molecule has 0 amide bonds. The van der Waals surface area contributed by atoms with Gasteiger partial charge in [0, 0.05) is 25.4 Å². The monoisotopic (exact) mass is 352 g/mol. The first-order valence-electron chi connectivity index (χ1n) is 9.47. The topological polar surface area (TPSA) is 58.5 Å². The average Bonchev–Trinajstić information content (AvgIpc) is 3.50. The minimum absolute atomic E-state index is 0.600. The fraction of sp³-hybridized carbons (Fsp3) is 0.429. The van der Waals surface area contributed by atoms with Gasteiger partial charge in [0.25, 0.3) is 0 Å². The van der Waals surface area contributed by atoms with Gasteiger partial charge in [-0.2, -0.15) is 0 Å². The van der Waals surface area contributed by atoms with Crippen molar-refractivity contribution < 1.29 is 4.74 Å². The number of rotatable bonds is 9. The molecule has 1 aromatic heterocycles. The highest BCUT2D eigenvalue weighted by atomic mass is 16.5. The summed E-state index contributed by atoms with van der Waals surface area (Å²) in [6, 6.07) is 14.4. The maximum Gasteiger partial charge on any atom is 0.213 e. The van der Waals surface area contributed by atoms with Gasteiger partial charge in [0.05, 0.1) is 13.2 Å². The number of ether oxygens (including phenoxy) is 1. The van der Waals surface area contributed by atoms with E-state index in [-0.39, 0.29) is 0 Å².